The molecule has 0 aromatic heterocycles. The van der Waals surface area contributed by atoms with Crippen LogP contribution in [-0.4, -0.2) is 47.9 Å². The lowest BCUT2D eigenvalue weighted by Crippen LogP contribution is -2.57. The third kappa shape index (κ3) is 4.31. The summed E-state index contributed by atoms with van der Waals surface area (Å²) in [7, 11) is 0. The maximum atomic E-state index is 13.0. The molecule has 1 N–H and O–H groups in total. The van der Waals surface area contributed by atoms with Gasteiger partial charge >= 0.3 is 5.97 Å². The number of ether oxygens (including phenoxy) is 1. The number of carbonyl (C=O) groups excluding carboxylic acids is 3. The number of hydrogen-bond donors (Lipinski definition) is 1. The molecular weight excluding hydrogens is 315 g/mol. The number of nitrogens with one attached hydrogen (secondary N) is 1. The zero-order valence-electron chi connectivity index (χ0n) is 13.8. The van der Waals surface area contributed by atoms with Crippen LogP contribution < -0.4 is 5.32 Å². The summed E-state index contributed by atoms with van der Waals surface area (Å²) >= 11 is 0. The summed E-state index contributed by atoms with van der Waals surface area (Å²) < 4.78 is 18.2. The van der Waals surface area contributed by atoms with Gasteiger partial charge in [-0.05, 0) is 37.6 Å². The number of rotatable bonds is 5. The van der Waals surface area contributed by atoms with Crippen LogP contribution in [0.5, 0.6) is 0 Å². The summed E-state index contributed by atoms with van der Waals surface area (Å²) in [4.78, 5) is 38.0. The highest BCUT2D eigenvalue weighted by Gasteiger charge is 2.35. The number of carbonyl (C=O) groups is 3. The fourth-order valence-electron chi connectivity index (χ4n) is 2.43. The fraction of sp³-hybridized carbons (Fsp3) is 0.471. The van der Waals surface area contributed by atoms with Crippen LogP contribution in [0.2, 0.25) is 0 Å². The van der Waals surface area contributed by atoms with Gasteiger partial charge < -0.3 is 15.0 Å². The third-order valence-electron chi connectivity index (χ3n) is 3.95. The molecule has 0 spiro atoms. The van der Waals surface area contributed by atoms with Gasteiger partial charge in [-0.15, -0.1) is 0 Å². The van der Waals surface area contributed by atoms with E-state index >= 15 is 0 Å². The topological polar surface area (TPSA) is 75.7 Å². The largest absolute Gasteiger partial charge is 0.463 e. The van der Waals surface area contributed by atoms with Crippen molar-refractivity contribution in [3.05, 3.63) is 35.6 Å². The summed E-state index contributed by atoms with van der Waals surface area (Å²) in [6.07, 6.45) is 0.217. The van der Waals surface area contributed by atoms with Crippen LogP contribution >= 0.6 is 0 Å². The molecule has 2 amide bonds. The van der Waals surface area contributed by atoms with E-state index in [1.165, 1.54) is 29.2 Å². The van der Waals surface area contributed by atoms with Gasteiger partial charge in [-0.2, -0.15) is 0 Å². The highest BCUT2D eigenvalue weighted by molar-refractivity contribution is 5.99. The average molecular weight is 336 g/mol. The number of nitrogens with zero attached hydrogens (tertiary/aromatic N) is 1. The van der Waals surface area contributed by atoms with Gasteiger partial charge in [0, 0.05) is 18.7 Å². The molecule has 7 heteroatoms. The van der Waals surface area contributed by atoms with Crippen molar-refractivity contribution in [3.8, 4) is 0 Å². The molecule has 1 heterocycles. The van der Waals surface area contributed by atoms with Crippen LogP contribution in [0.1, 0.15) is 37.0 Å². The minimum absolute atomic E-state index is 0.205. The quantitative estimate of drug-likeness (QED) is 0.827. The Bertz CT molecular complexity index is 618. The van der Waals surface area contributed by atoms with Crippen molar-refractivity contribution in [2.75, 3.05) is 13.1 Å². The first-order chi connectivity index (χ1) is 11.4. The number of halogens is 1. The predicted octanol–water partition coefficient (Wildman–Crippen LogP) is 1.50. The standard InChI is InChI=1S/C17H21FN2O4/c1-3-11(2)24-15(21)10-14-16(22)19-8-9-20(14)17(23)12-4-6-13(18)7-5-12/h4-7,11,14H,3,8-10H2,1-2H3,(H,19,22). The monoisotopic (exact) mass is 336 g/mol. The van der Waals surface area contributed by atoms with Crippen molar-refractivity contribution in [1.29, 1.82) is 0 Å². The van der Waals surface area contributed by atoms with Crippen molar-refractivity contribution >= 4 is 17.8 Å². The van der Waals surface area contributed by atoms with Crippen LogP contribution in [0, 0.1) is 5.82 Å². The molecule has 24 heavy (non-hydrogen) atoms. The minimum Gasteiger partial charge on any atom is -0.463 e. The van der Waals surface area contributed by atoms with Crippen LogP contribution in [0.3, 0.4) is 0 Å². The summed E-state index contributed by atoms with van der Waals surface area (Å²) in [6, 6.07) is 4.16. The van der Waals surface area contributed by atoms with E-state index in [9.17, 15) is 18.8 Å². The molecule has 0 radical (unpaired) electrons. The van der Waals surface area contributed by atoms with Gasteiger partial charge in [0.15, 0.2) is 0 Å². The maximum Gasteiger partial charge on any atom is 0.308 e. The molecule has 1 saturated heterocycles. The van der Waals surface area contributed by atoms with Crippen LogP contribution in [-0.2, 0) is 14.3 Å². The second-order valence-electron chi connectivity index (χ2n) is 5.73. The zero-order chi connectivity index (χ0) is 17.7. The van der Waals surface area contributed by atoms with E-state index in [1.807, 2.05) is 6.92 Å². The van der Waals surface area contributed by atoms with E-state index in [0.29, 0.717) is 13.0 Å². The van der Waals surface area contributed by atoms with E-state index in [-0.39, 0.29) is 24.6 Å². The third-order valence-corrected chi connectivity index (χ3v) is 3.95. The van der Waals surface area contributed by atoms with Gasteiger partial charge in [-0.3, -0.25) is 14.4 Å². The number of esters is 1. The highest BCUT2D eigenvalue weighted by Crippen LogP contribution is 2.16. The normalized spacial score (nSPS) is 18.7. The van der Waals surface area contributed by atoms with Crippen molar-refractivity contribution < 1.29 is 23.5 Å². The Balaban J connectivity index is 2.13. The molecule has 1 aromatic carbocycles. The Morgan fingerprint density at radius 1 is 1.38 bits per heavy atom. The fourth-order valence-corrected chi connectivity index (χ4v) is 2.43. The van der Waals surface area contributed by atoms with E-state index in [1.54, 1.807) is 6.92 Å². The molecule has 0 saturated carbocycles. The lowest BCUT2D eigenvalue weighted by molar-refractivity contribution is -0.151. The molecule has 1 aromatic rings. The molecule has 2 rings (SSSR count). The average Bonchev–Trinajstić information content (AvgIpc) is 2.56. The van der Waals surface area contributed by atoms with Gasteiger partial charge in [-0.1, -0.05) is 6.92 Å². The number of piperazine rings is 1. The summed E-state index contributed by atoms with van der Waals surface area (Å²) in [5, 5.41) is 2.65. The van der Waals surface area contributed by atoms with Crippen molar-refractivity contribution in [1.82, 2.24) is 10.2 Å². The molecule has 2 atom stereocenters. The molecule has 1 fully saturated rings. The smallest absolute Gasteiger partial charge is 0.308 e. The zero-order valence-corrected chi connectivity index (χ0v) is 13.8. The molecular formula is C17H21FN2O4. The van der Waals surface area contributed by atoms with Crippen LogP contribution in [0.15, 0.2) is 24.3 Å². The second-order valence-corrected chi connectivity index (χ2v) is 5.73. The van der Waals surface area contributed by atoms with E-state index in [0.717, 1.165) is 0 Å². The van der Waals surface area contributed by atoms with Crippen molar-refractivity contribution in [2.24, 2.45) is 0 Å². The Labute approximate surface area is 140 Å². The number of hydrogen-bond acceptors (Lipinski definition) is 4. The molecule has 0 aliphatic carbocycles. The van der Waals surface area contributed by atoms with Gasteiger partial charge in [-0.25, -0.2) is 4.39 Å². The van der Waals surface area contributed by atoms with Gasteiger partial charge in [0.05, 0.1) is 12.5 Å². The SMILES string of the molecule is CCC(C)OC(=O)CC1C(=O)NCCN1C(=O)c1ccc(F)cc1. The van der Waals surface area contributed by atoms with Gasteiger partial charge in [0.25, 0.3) is 5.91 Å². The van der Waals surface area contributed by atoms with Gasteiger partial charge in [0.1, 0.15) is 11.9 Å². The Kier molecular flexibility index (Phi) is 5.89. The first-order valence-electron chi connectivity index (χ1n) is 7.96. The first kappa shape index (κ1) is 17.9. The minimum atomic E-state index is -0.923. The van der Waals surface area contributed by atoms with E-state index in [4.69, 9.17) is 4.74 Å². The van der Waals surface area contributed by atoms with Crippen LogP contribution in [0.25, 0.3) is 0 Å². The predicted molar refractivity (Wildman–Crippen MR) is 84.7 cm³/mol. The Morgan fingerprint density at radius 3 is 2.67 bits per heavy atom. The van der Waals surface area contributed by atoms with Crippen molar-refractivity contribution in [2.45, 2.75) is 38.8 Å². The summed E-state index contributed by atoms with van der Waals surface area (Å²) in [5.74, 6) is -1.77. The summed E-state index contributed by atoms with van der Waals surface area (Å²) in [6.45, 7) is 4.24. The number of benzene rings is 1. The Hall–Kier alpha value is -2.44. The molecule has 130 valence electrons. The molecule has 1 aliphatic rings. The lowest BCUT2D eigenvalue weighted by Gasteiger charge is -2.34. The first-order valence-corrected chi connectivity index (χ1v) is 7.96. The van der Waals surface area contributed by atoms with Gasteiger partial charge in [0.2, 0.25) is 5.91 Å². The van der Waals surface area contributed by atoms with E-state index < -0.39 is 29.6 Å². The maximum absolute atomic E-state index is 13.0. The summed E-state index contributed by atoms with van der Waals surface area (Å²) in [5.41, 5.74) is 0.270. The molecule has 0 bridgehead atoms. The highest BCUT2D eigenvalue weighted by atomic mass is 19.1. The Morgan fingerprint density at radius 2 is 2.04 bits per heavy atom. The molecule has 1 aliphatic heterocycles. The molecule has 2 unspecified atom stereocenters. The van der Waals surface area contributed by atoms with Crippen molar-refractivity contribution in [3.63, 3.8) is 0 Å². The molecule has 6 nitrogen and oxygen atoms in total. The second kappa shape index (κ2) is 7.90. The van der Waals surface area contributed by atoms with E-state index in [2.05, 4.69) is 5.32 Å². The number of amides is 2. The lowest BCUT2D eigenvalue weighted by atomic mass is 10.1. The van der Waals surface area contributed by atoms with Crippen LogP contribution in [0.4, 0.5) is 4.39 Å².